The number of halogens is 1. The molecule has 18 heavy (non-hydrogen) atoms. The molecule has 5 heteroatoms. The zero-order valence-corrected chi connectivity index (χ0v) is 12.7. The second-order valence-electron chi connectivity index (χ2n) is 4.31. The lowest BCUT2D eigenvalue weighted by atomic mass is 9.78. The molecule has 0 saturated heterocycles. The molecule has 0 aromatic heterocycles. The Kier molecular flexibility index (Phi) is 4.02. The smallest absolute Gasteiger partial charge is 0.172 e. The molecule has 1 aliphatic carbocycles. The van der Waals surface area contributed by atoms with E-state index in [9.17, 15) is 5.26 Å². The molecule has 1 saturated carbocycles. The molecular weight excluding hydrogens is 314 g/mol. The van der Waals surface area contributed by atoms with Crippen molar-refractivity contribution in [3.05, 3.63) is 28.7 Å². The van der Waals surface area contributed by atoms with Crippen LogP contribution in [0.3, 0.4) is 0 Å². The maximum atomic E-state index is 9.41. The Hall–Kier alpha value is -0.540. The highest BCUT2D eigenvalue weighted by Gasteiger charge is 2.57. The van der Waals surface area contributed by atoms with Crippen LogP contribution in [0.2, 0.25) is 0 Å². The van der Waals surface area contributed by atoms with E-state index in [-0.39, 0.29) is 0 Å². The third-order valence-corrected chi connectivity index (χ3v) is 5.50. The van der Waals surface area contributed by atoms with Gasteiger partial charge in [-0.3, -0.25) is 0 Å². The highest BCUT2D eigenvalue weighted by atomic mass is 79.9. The minimum absolute atomic E-state index is 0.462. The SMILES string of the molecule is COC1(OC)CC(C#N)(Sc2ccccc2Br)C1. The van der Waals surface area contributed by atoms with Crippen molar-refractivity contribution >= 4 is 27.7 Å². The molecule has 1 fully saturated rings. The predicted molar refractivity (Wildman–Crippen MR) is 74.3 cm³/mol. The second kappa shape index (κ2) is 5.22. The lowest BCUT2D eigenvalue weighted by Crippen LogP contribution is -2.56. The summed E-state index contributed by atoms with van der Waals surface area (Å²) >= 11 is 5.07. The first-order valence-electron chi connectivity index (χ1n) is 5.54. The molecule has 0 spiro atoms. The fourth-order valence-corrected chi connectivity index (χ4v) is 3.99. The number of benzene rings is 1. The number of ether oxygens (including phenoxy) is 2. The van der Waals surface area contributed by atoms with Gasteiger partial charge in [-0.15, -0.1) is 11.8 Å². The van der Waals surface area contributed by atoms with Crippen LogP contribution in [-0.4, -0.2) is 24.8 Å². The zero-order chi connectivity index (χ0) is 13.2. The van der Waals surface area contributed by atoms with Crippen LogP contribution in [0.1, 0.15) is 12.8 Å². The van der Waals surface area contributed by atoms with Crippen LogP contribution in [0.5, 0.6) is 0 Å². The molecule has 1 aromatic rings. The van der Waals surface area contributed by atoms with Crippen molar-refractivity contribution in [2.24, 2.45) is 0 Å². The molecule has 0 unspecified atom stereocenters. The minimum atomic E-state index is -0.593. The van der Waals surface area contributed by atoms with Gasteiger partial charge in [0.1, 0.15) is 4.75 Å². The summed E-state index contributed by atoms with van der Waals surface area (Å²) in [6.07, 6.45) is 1.16. The van der Waals surface area contributed by atoms with Gasteiger partial charge in [-0.25, -0.2) is 0 Å². The van der Waals surface area contributed by atoms with Crippen LogP contribution < -0.4 is 0 Å². The predicted octanol–water partition coefficient (Wildman–Crippen LogP) is 3.59. The number of nitrogens with zero attached hydrogens (tertiary/aromatic N) is 1. The Labute approximate surface area is 120 Å². The van der Waals surface area contributed by atoms with E-state index in [1.807, 2.05) is 24.3 Å². The summed E-state index contributed by atoms with van der Waals surface area (Å²) in [5, 5.41) is 9.41. The standard InChI is InChI=1S/C13H14BrNO2S/c1-16-13(17-2)7-12(8-13,9-15)18-11-6-4-3-5-10(11)14/h3-6H,7-8H2,1-2H3. The van der Waals surface area contributed by atoms with Crippen LogP contribution >= 0.6 is 27.7 Å². The molecule has 1 aromatic carbocycles. The molecule has 0 aliphatic heterocycles. The summed E-state index contributed by atoms with van der Waals surface area (Å²) in [7, 11) is 3.24. The second-order valence-corrected chi connectivity index (χ2v) is 6.59. The third-order valence-electron chi connectivity index (χ3n) is 3.20. The fraction of sp³-hybridized carbons (Fsp3) is 0.462. The number of nitriles is 1. The molecule has 3 nitrogen and oxygen atoms in total. The molecule has 2 rings (SSSR count). The summed E-state index contributed by atoms with van der Waals surface area (Å²) < 4.78 is 11.2. The van der Waals surface area contributed by atoms with E-state index >= 15 is 0 Å². The van der Waals surface area contributed by atoms with Crippen LogP contribution in [0.25, 0.3) is 0 Å². The summed E-state index contributed by atoms with van der Waals surface area (Å²) in [5.41, 5.74) is 0. The first-order chi connectivity index (χ1) is 8.59. The van der Waals surface area contributed by atoms with E-state index in [0.717, 1.165) is 9.37 Å². The van der Waals surface area contributed by atoms with Crippen LogP contribution in [-0.2, 0) is 9.47 Å². The highest BCUT2D eigenvalue weighted by Crippen LogP contribution is 2.55. The Morgan fingerprint density at radius 2 is 1.89 bits per heavy atom. The molecule has 96 valence electrons. The molecule has 0 N–H and O–H groups in total. The summed E-state index contributed by atoms with van der Waals surface area (Å²) in [4.78, 5) is 1.07. The van der Waals surface area contributed by atoms with Gasteiger partial charge in [0.05, 0.1) is 6.07 Å². The van der Waals surface area contributed by atoms with Gasteiger partial charge in [0, 0.05) is 36.4 Å². The van der Waals surface area contributed by atoms with Crippen molar-refractivity contribution in [2.75, 3.05) is 14.2 Å². The van der Waals surface area contributed by atoms with Gasteiger partial charge in [0.15, 0.2) is 5.79 Å². The summed E-state index contributed by atoms with van der Waals surface area (Å²) in [6.45, 7) is 0. The molecule has 0 bridgehead atoms. The van der Waals surface area contributed by atoms with Gasteiger partial charge in [-0.2, -0.15) is 5.26 Å². The monoisotopic (exact) mass is 327 g/mol. The lowest BCUT2D eigenvalue weighted by molar-refractivity contribution is -0.255. The third kappa shape index (κ3) is 2.43. The average Bonchev–Trinajstić information content (AvgIpc) is 2.36. The minimum Gasteiger partial charge on any atom is -0.353 e. The van der Waals surface area contributed by atoms with Crippen LogP contribution in [0.4, 0.5) is 0 Å². The van der Waals surface area contributed by atoms with Gasteiger partial charge in [0.2, 0.25) is 0 Å². The maximum Gasteiger partial charge on any atom is 0.172 e. The van der Waals surface area contributed by atoms with Crippen molar-refractivity contribution < 1.29 is 9.47 Å². The van der Waals surface area contributed by atoms with E-state index in [1.165, 1.54) is 0 Å². The number of methoxy groups -OCH3 is 2. The van der Waals surface area contributed by atoms with Crippen molar-refractivity contribution in [3.63, 3.8) is 0 Å². The number of hydrogen-bond donors (Lipinski definition) is 0. The first kappa shape index (κ1) is 13.9. The van der Waals surface area contributed by atoms with Gasteiger partial charge in [-0.05, 0) is 28.1 Å². The normalized spacial score (nSPS) is 19.9. The topological polar surface area (TPSA) is 42.2 Å². The van der Waals surface area contributed by atoms with Crippen molar-refractivity contribution in [2.45, 2.75) is 28.3 Å². The van der Waals surface area contributed by atoms with E-state index in [2.05, 4.69) is 22.0 Å². The van der Waals surface area contributed by atoms with Crippen LogP contribution in [0.15, 0.2) is 33.6 Å². The largest absolute Gasteiger partial charge is 0.353 e. The van der Waals surface area contributed by atoms with E-state index in [4.69, 9.17) is 9.47 Å². The number of thioether (sulfide) groups is 1. The average molecular weight is 328 g/mol. The highest BCUT2D eigenvalue weighted by molar-refractivity contribution is 9.10. The molecule has 1 aliphatic rings. The Morgan fingerprint density at radius 1 is 1.28 bits per heavy atom. The maximum absolute atomic E-state index is 9.41. The molecular formula is C13H14BrNO2S. The van der Waals surface area contributed by atoms with Crippen LogP contribution in [0, 0.1) is 11.3 Å². The molecule has 0 amide bonds. The lowest BCUT2D eigenvalue weighted by Gasteiger charge is -2.49. The molecule has 0 heterocycles. The summed E-state index contributed by atoms with van der Waals surface area (Å²) in [6, 6.07) is 10.3. The van der Waals surface area contributed by atoms with Crippen molar-refractivity contribution in [3.8, 4) is 6.07 Å². The molecule has 0 atom stereocenters. The molecule has 0 radical (unpaired) electrons. The van der Waals surface area contributed by atoms with E-state index < -0.39 is 10.5 Å². The van der Waals surface area contributed by atoms with Gasteiger partial charge in [-0.1, -0.05) is 12.1 Å². The Morgan fingerprint density at radius 3 is 2.39 bits per heavy atom. The van der Waals surface area contributed by atoms with Crippen molar-refractivity contribution in [1.29, 1.82) is 5.26 Å². The summed E-state index contributed by atoms with van der Waals surface area (Å²) in [5.74, 6) is -0.593. The quantitative estimate of drug-likeness (QED) is 0.792. The van der Waals surface area contributed by atoms with E-state index in [0.29, 0.717) is 12.8 Å². The van der Waals surface area contributed by atoms with Gasteiger partial charge in [0.25, 0.3) is 0 Å². The fourth-order valence-electron chi connectivity index (χ4n) is 2.10. The Balaban J connectivity index is 2.14. The van der Waals surface area contributed by atoms with Crippen molar-refractivity contribution in [1.82, 2.24) is 0 Å². The van der Waals surface area contributed by atoms with E-state index in [1.54, 1.807) is 26.0 Å². The zero-order valence-electron chi connectivity index (χ0n) is 10.3. The Bertz CT molecular complexity index is 474. The number of hydrogen-bond acceptors (Lipinski definition) is 4. The first-order valence-corrected chi connectivity index (χ1v) is 7.15. The number of rotatable bonds is 4. The van der Waals surface area contributed by atoms with Gasteiger partial charge < -0.3 is 9.47 Å². The van der Waals surface area contributed by atoms with Gasteiger partial charge >= 0.3 is 0 Å².